The molecule has 0 aromatic carbocycles. The van der Waals surface area contributed by atoms with E-state index in [4.69, 9.17) is 9.47 Å². The van der Waals surface area contributed by atoms with Gasteiger partial charge in [0.2, 0.25) is 0 Å². The number of fused-ring (bicyclic) bond motifs is 1. The number of hydrogen-bond acceptors (Lipinski definition) is 8. The number of aromatic nitrogens is 2. The fourth-order valence-electron chi connectivity index (χ4n) is 2.44. The first kappa shape index (κ1) is 20.1. The maximum atomic E-state index is 12.4. The molecule has 0 bridgehead atoms. The van der Waals surface area contributed by atoms with Crippen molar-refractivity contribution in [2.75, 3.05) is 18.6 Å². The number of aryl methyl sites for hydroxylation is 1. The first-order chi connectivity index (χ1) is 12.1. The highest BCUT2D eigenvalue weighted by molar-refractivity contribution is 7.20. The molecule has 26 heavy (non-hydrogen) atoms. The van der Waals surface area contributed by atoms with Crippen molar-refractivity contribution in [2.45, 2.75) is 53.2 Å². The molecule has 0 fully saturated rings. The van der Waals surface area contributed by atoms with E-state index in [0.29, 0.717) is 22.1 Å². The van der Waals surface area contributed by atoms with Crippen LogP contribution >= 0.6 is 11.3 Å². The number of nitrogens with zero attached hydrogens (tertiary/aromatic N) is 3. The molecule has 0 radical (unpaired) electrons. The molecule has 142 valence electrons. The number of carbonyl (C=O) groups excluding carboxylic acids is 2. The number of carbonyl (C=O) groups is 2. The molecular formula is C18H25N3O4S. The number of ether oxygens (including phenoxy) is 2. The molecule has 0 saturated heterocycles. The highest BCUT2D eigenvalue weighted by atomic mass is 32.1. The maximum absolute atomic E-state index is 12.4. The van der Waals surface area contributed by atoms with Gasteiger partial charge in [-0.3, -0.25) is 0 Å². The number of hydrogen-bond donors (Lipinski definition) is 0. The van der Waals surface area contributed by atoms with Gasteiger partial charge in [0.25, 0.3) is 0 Å². The van der Waals surface area contributed by atoms with Crippen LogP contribution in [0.5, 0.6) is 0 Å². The summed E-state index contributed by atoms with van der Waals surface area (Å²) in [6.45, 7) is 11.2. The van der Waals surface area contributed by atoms with Crippen molar-refractivity contribution < 1.29 is 19.1 Å². The van der Waals surface area contributed by atoms with Gasteiger partial charge in [-0.25, -0.2) is 19.6 Å². The average molecular weight is 379 g/mol. The Morgan fingerprint density at radius 3 is 2.54 bits per heavy atom. The zero-order valence-electron chi connectivity index (χ0n) is 16.2. The highest BCUT2D eigenvalue weighted by Crippen LogP contribution is 2.35. The first-order valence-electron chi connectivity index (χ1n) is 8.43. The molecule has 0 aliphatic carbocycles. The van der Waals surface area contributed by atoms with E-state index in [1.165, 1.54) is 17.7 Å². The van der Waals surface area contributed by atoms with Crippen LogP contribution in [0.1, 0.15) is 49.9 Å². The topological polar surface area (TPSA) is 81.6 Å². The van der Waals surface area contributed by atoms with Crippen LogP contribution in [-0.4, -0.2) is 47.2 Å². The van der Waals surface area contributed by atoms with Crippen molar-refractivity contribution in [1.29, 1.82) is 0 Å². The molecule has 0 saturated carbocycles. The Bertz CT molecular complexity index is 826. The SMILES string of the molecule is CCOC(=O)c1sc2ncnc(N(C)C(C)C(=O)OC(C)(C)C)c2c1C. The van der Waals surface area contributed by atoms with Crippen molar-refractivity contribution in [3.8, 4) is 0 Å². The largest absolute Gasteiger partial charge is 0.462 e. The van der Waals surface area contributed by atoms with E-state index in [-0.39, 0.29) is 11.9 Å². The summed E-state index contributed by atoms with van der Waals surface area (Å²) in [6.07, 6.45) is 1.43. The van der Waals surface area contributed by atoms with E-state index in [2.05, 4.69) is 9.97 Å². The van der Waals surface area contributed by atoms with E-state index in [0.717, 1.165) is 10.9 Å². The standard InChI is InChI=1S/C18H25N3O4S/c1-8-24-17(23)13-10(2)12-14(19-9-20-15(12)26-13)21(7)11(3)16(22)25-18(4,5)6/h9,11H,8H2,1-7H3. The molecule has 0 aliphatic heterocycles. The predicted molar refractivity (Wildman–Crippen MR) is 102 cm³/mol. The van der Waals surface area contributed by atoms with E-state index in [9.17, 15) is 9.59 Å². The molecule has 1 atom stereocenters. The third kappa shape index (κ3) is 4.12. The van der Waals surface area contributed by atoms with Gasteiger partial charge < -0.3 is 14.4 Å². The molecule has 2 aromatic heterocycles. The minimum Gasteiger partial charge on any atom is -0.462 e. The summed E-state index contributed by atoms with van der Waals surface area (Å²) < 4.78 is 10.6. The van der Waals surface area contributed by atoms with Crippen LogP contribution in [0.3, 0.4) is 0 Å². The lowest BCUT2D eigenvalue weighted by molar-refractivity contribution is -0.156. The van der Waals surface area contributed by atoms with Gasteiger partial charge in [0, 0.05) is 7.05 Å². The Morgan fingerprint density at radius 1 is 1.31 bits per heavy atom. The minimum absolute atomic E-state index is 0.306. The van der Waals surface area contributed by atoms with Gasteiger partial charge in [0.15, 0.2) is 0 Å². The fourth-order valence-corrected chi connectivity index (χ4v) is 3.48. The Labute approximate surface area is 157 Å². The predicted octanol–water partition coefficient (Wildman–Crippen LogP) is 3.34. The summed E-state index contributed by atoms with van der Waals surface area (Å²) in [6, 6.07) is -0.544. The zero-order valence-corrected chi connectivity index (χ0v) is 17.1. The van der Waals surface area contributed by atoms with Crippen LogP contribution in [-0.2, 0) is 14.3 Å². The summed E-state index contributed by atoms with van der Waals surface area (Å²) in [7, 11) is 1.78. The smallest absolute Gasteiger partial charge is 0.348 e. The van der Waals surface area contributed by atoms with E-state index < -0.39 is 11.6 Å². The lowest BCUT2D eigenvalue weighted by Gasteiger charge is -2.28. The van der Waals surface area contributed by atoms with Crippen molar-refractivity contribution in [2.24, 2.45) is 0 Å². The summed E-state index contributed by atoms with van der Waals surface area (Å²) in [4.78, 5) is 36.1. The average Bonchev–Trinajstić information content (AvgIpc) is 2.89. The van der Waals surface area contributed by atoms with Crippen LogP contribution in [0, 0.1) is 6.92 Å². The second-order valence-corrected chi connectivity index (χ2v) is 7.97. The summed E-state index contributed by atoms with van der Waals surface area (Å²) in [5.41, 5.74) is 0.185. The van der Waals surface area contributed by atoms with Gasteiger partial charge in [0.1, 0.15) is 33.5 Å². The number of likely N-dealkylation sites (N-methyl/N-ethyl adjacent to an activating group) is 1. The van der Waals surface area contributed by atoms with Gasteiger partial charge >= 0.3 is 11.9 Å². The Balaban J connectivity index is 2.43. The van der Waals surface area contributed by atoms with Crippen LogP contribution in [0.2, 0.25) is 0 Å². The Morgan fingerprint density at radius 2 is 1.96 bits per heavy atom. The summed E-state index contributed by atoms with van der Waals surface area (Å²) >= 11 is 1.27. The molecule has 2 heterocycles. The van der Waals surface area contributed by atoms with Crippen LogP contribution < -0.4 is 4.90 Å². The third-order valence-corrected chi connectivity index (χ3v) is 5.01. The molecule has 8 heteroatoms. The van der Waals surface area contributed by atoms with Crippen molar-refractivity contribution >= 4 is 39.3 Å². The highest BCUT2D eigenvalue weighted by Gasteiger charge is 2.28. The van der Waals surface area contributed by atoms with Gasteiger partial charge in [-0.15, -0.1) is 11.3 Å². The first-order valence-corrected chi connectivity index (χ1v) is 9.25. The maximum Gasteiger partial charge on any atom is 0.348 e. The molecular weight excluding hydrogens is 354 g/mol. The Kier molecular flexibility index (Phi) is 5.85. The quantitative estimate of drug-likeness (QED) is 0.737. The van der Waals surface area contributed by atoms with Gasteiger partial charge in [-0.05, 0) is 47.1 Å². The number of esters is 2. The molecule has 0 aliphatic rings. The molecule has 7 nitrogen and oxygen atoms in total. The second-order valence-electron chi connectivity index (χ2n) is 6.97. The van der Waals surface area contributed by atoms with Gasteiger partial charge in [-0.1, -0.05) is 0 Å². The van der Waals surface area contributed by atoms with E-state index >= 15 is 0 Å². The van der Waals surface area contributed by atoms with Crippen molar-refractivity contribution in [3.05, 3.63) is 16.8 Å². The lowest BCUT2D eigenvalue weighted by atomic mass is 10.1. The van der Waals surface area contributed by atoms with Gasteiger partial charge in [-0.2, -0.15) is 0 Å². The number of rotatable bonds is 5. The van der Waals surface area contributed by atoms with E-state index in [1.54, 1.807) is 25.8 Å². The monoisotopic (exact) mass is 379 g/mol. The Hall–Kier alpha value is -2.22. The normalized spacial score (nSPS) is 12.7. The summed E-state index contributed by atoms with van der Waals surface area (Å²) in [5, 5.41) is 0.749. The number of thiophene rings is 1. The van der Waals surface area contributed by atoms with Gasteiger partial charge in [0.05, 0.1) is 12.0 Å². The van der Waals surface area contributed by atoms with Crippen LogP contribution in [0.4, 0.5) is 5.82 Å². The zero-order chi connectivity index (χ0) is 19.6. The van der Waals surface area contributed by atoms with Crippen LogP contribution in [0.15, 0.2) is 6.33 Å². The minimum atomic E-state index is -0.567. The summed E-state index contributed by atoms with van der Waals surface area (Å²) in [5.74, 6) is -0.135. The molecule has 0 N–H and O–H groups in total. The molecule has 2 aromatic rings. The lowest BCUT2D eigenvalue weighted by Crippen LogP contribution is -2.41. The molecule has 2 rings (SSSR count). The second kappa shape index (κ2) is 7.57. The molecule has 0 amide bonds. The fraction of sp³-hybridized carbons (Fsp3) is 0.556. The molecule has 0 spiro atoms. The van der Waals surface area contributed by atoms with Crippen molar-refractivity contribution in [1.82, 2.24) is 9.97 Å². The molecule has 1 unspecified atom stereocenters. The number of anilines is 1. The van der Waals surface area contributed by atoms with Crippen LogP contribution in [0.25, 0.3) is 10.2 Å². The van der Waals surface area contributed by atoms with E-state index in [1.807, 2.05) is 27.7 Å². The third-order valence-electron chi connectivity index (χ3n) is 3.83. The van der Waals surface area contributed by atoms with Crippen molar-refractivity contribution in [3.63, 3.8) is 0 Å².